The average Bonchev–Trinajstić information content (AvgIpc) is 2.19. The molecule has 0 spiro atoms. The second-order valence-corrected chi connectivity index (χ2v) is 4.25. The highest BCUT2D eigenvalue weighted by Crippen LogP contribution is 2.07. The quantitative estimate of drug-likeness (QED) is 0.777. The van der Waals surface area contributed by atoms with Gasteiger partial charge in [0.1, 0.15) is 0 Å². The molecular formula is C13H16ClN. The molecule has 1 aromatic rings. The van der Waals surface area contributed by atoms with Crippen molar-refractivity contribution in [1.29, 1.82) is 0 Å². The minimum atomic E-state index is 0.738. The Bertz CT molecular complexity index is 370. The molecule has 1 aromatic carbocycles. The molecule has 0 atom stereocenters. The Morgan fingerprint density at radius 3 is 2.40 bits per heavy atom. The summed E-state index contributed by atoms with van der Waals surface area (Å²) in [5.74, 6) is 0. The maximum atomic E-state index is 5.85. The van der Waals surface area contributed by atoms with Crippen LogP contribution in [-0.4, -0.2) is 0 Å². The lowest BCUT2D eigenvalue weighted by molar-refractivity contribution is 1.11. The number of halogens is 1. The number of allylic oxidation sites excluding steroid dienone is 4. The maximum Gasteiger partial charge on any atom is 0.0150 e. The van der Waals surface area contributed by atoms with E-state index in [1.54, 1.807) is 0 Å². The van der Waals surface area contributed by atoms with Gasteiger partial charge in [-0.05, 0) is 31.6 Å². The first-order chi connectivity index (χ1) is 7.08. The number of benzene rings is 1. The van der Waals surface area contributed by atoms with Crippen LogP contribution in [0.1, 0.15) is 18.1 Å². The highest BCUT2D eigenvalue weighted by molar-refractivity contribution is 6.29. The van der Waals surface area contributed by atoms with Crippen LogP contribution in [0, 0.1) is 6.92 Å². The van der Waals surface area contributed by atoms with Crippen molar-refractivity contribution in [3.8, 4) is 0 Å². The first-order valence-electron chi connectivity index (χ1n) is 4.92. The molecule has 0 heterocycles. The van der Waals surface area contributed by atoms with Gasteiger partial charge in [-0.1, -0.05) is 41.4 Å². The van der Waals surface area contributed by atoms with Gasteiger partial charge >= 0.3 is 0 Å². The van der Waals surface area contributed by atoms with Crippen LogP contribution in [0.15, 0.2) is 47.1 Å². The number of rotatable bonds is 3. The van der Waals surface area contributed by atoms with E-state index in [4.69, 9.17) is 17.3 Å². The van der Waals surface area contributed by atoms with Crippen LogP contribution in [0.2, 0.25) is 0 Å². The van der Waals surface area contributed by atoms with Gasteiger partial charge < -0.3 is 5.73 Å². The van der Waals surface area contributed by atoms with Crippen LogP contribution in [0.4, 0.5) is 0 Å². The number of hydrogen-bond donors (Lipinski definition) is 1. The van der Waals surface area contributed by atoms with E-state index in [2.05, 4.69) is 31.2 Å². The average molecular weight is 222 g/mol. The van der Waals surface area contributed by atoms with E-state index in [0.29, 0.717) is 0 Å². The Morgan fingerprint density at radius 1 is 1.27 bits per heavy atom. The van der Waals surface area contributed by atoms with E-state index in [1.165, 1.54) is 11.1 Å². The molecule has 15 heavy (non-hydrogen) atoms. The van der Waals surface area contributed by atoms with Crippen LogP contribution >= 0.6 is 11.6 Å². The summed E-state index contributed by atoms with van der Waals surface area (Å²) in [5, 5.41) is 0.738. The van der Waals surface area contributed by atoms with Crippen LogP contribution < -0.4 is 5.73 Å². The Balaban J connectivity index is 2.66. The van der Waals surface area contributed by atoms with Crippen LogP contribution in [-0.2, 0) is 6.42 Å². The summed E-state index contributed by atoms with van der Waals surface area (Å²) in [4.78, 5) is 0. The maximum absolute atomic E-state index is 5.85. The van der Waals surface area contributed by atoms with Crippen LogP contribution in [0.25, 0.3) is 0 Å². The van der Waals surface area contributed by atoms with Crippen molar-refractivity contribution in [2.75, 3.05) is 0 Å². The summed E-state index contributed by atoms with van der Waals surface area (Å²) >= 11 is 5.71. The van der Waals surface area contributed by atoms with E-state index in [9.17, 15) is 0 Å². The molecule has 0 amide bonds. The standard InChI is InChI=1S/C13H16ClN/c1-10-3-6-12(7-4-10)9-13(15)8-5-11(2)14/h3-8H,9,15H2,1-2H3/b11-5+,13-8-. The van der Waals surface area contributed by atoms with Crippen molar-refractivity contribution in [1.82, 2.24) is 0 Å². The SMILES string of the molecule is C/C(Cl)=C\C=C(/N)Cc1ccc(C)cc1. The molecule has 0 bridgehead atoms. The summed E-state index contributed by atoms with van der Waals surface area (Å²) in [6.45, 7) is 3.90. The zero-order chi connectivity index (χ0) is 11.3. The van der Waals surface area contributed by atoms with Crippen LogP contribution in [0.3, 0.4) is 0 Å². The lowest BCUT2D eigenvalue weighted by Crippen LogP contribution is -2.00. The summed E-state index contributed by atoms with van der Waals surface area (Å²) in [5.41, 5.74) is 9.15. The zero-order valence-corrected chi connectivity index (χ0v) is 9.88. The fourth-order valence-corrected chi connectivity index (χ4v) is 1.29. The number of nitrogens with two attached hydrogens (primary N) is 1. The first kappa shape index (κ1) is 11.9. The molecule has 0 unspecified atom stereocenters. The van der Waals surface area contributed by atoms with E-state index in [1.807, 2.05) is 19.1 Å². The fraction of sp³-hybridized carbons (Fsp3) is 0.231. The predicted molar refractivity (Wildman–Crippen MR) is 66.8 cm³/mol. The molecule has 80 valence electrons. The highest BCUT2D eigenvalue weighted by Gasteiger charge is 1.94. The highest BCUT2D eigenvalue weighted by atomic mass is 35.5. The van der Waals surface area contributed by atoms with Gasteiger partial charge in [-0.2, -0.15) is 0 Å². The normalized spacial score (nSPS) is 13.0. The van der Waals surface area contributed by atoms with Crippen molar-refractivity contribution in [2.45, 2.75) is 20.3 Å². The largest absolute Gasteiger partial charge is 0.402 e. The van der Waals surface area contributed by atoms with Gasteiger partial charge in [0.15, 0.2) is 0 Å². The molecule has 0 aliphatic rings. The zero-order valence-electron chi connectivity index (χ0n) is 9.13. The molecule has 2 N–H and O–H groups in total. The molecule has 0 fully saturated rings. The van der Waals surface area contributed by atoms with E-state index < -0.39 is 0 Å². The minimum Gasteiger partial charge on any atom is -0.402 e. The van der Waals surface area contributed by atoms with Gasteiger partial charge in [0.05, 0.1) is 0 Å². The second kappa shape index (κ2) is 5.62. The van der Waals surface area contributed by atoms with Crippen LogP contribution in [0.5, 0.6) is 0 Å². The van der Waals surface area contributed by atoms with Crippen molar-refractivity contribution >= 4 is 11.6 Å². The molecule has 0 aliphatic carbocycles. The minimum absolute atomic E-state index is 0.738. The van der Waals surface area contributed by atoms with Crippen molar-refractivity contribution in [3.63, 3.8) is 0 Å². The molecule has 0 aliphatic heterocycles. The molecule has 2 heteroatoms. The van der Waals surface area contributed by atoms with Gasteiger partial charge in [0.2, 0.25) is 0 Å². The molecular weight excluding hydrogens is 206 g/mol. The number of aryl methyl sites for hydroxylation is 1. The monoisotopic (exact) mass is 221 g/mol. The molecule has 1 nitrogen and oxygen atoms in total. The van der Waals surface area contributed by atoms with E-state index in [0.717, 1.165) is 17.2 Å². The Morgan fingerprint density at radius 2 is 1.87 bits per heavy atom. The third-order valence-corrected chi connectivity index (χ3v) is 2.18. The molecule has 0 saturated carbocycles. The van der Waals surface area contributed by atoms with Gasteiger partial charge in [0.25, 0.3) is 0 Å². The third kappa shape index (κ3) is 4.71. The van der Waals surface area contributed by atoms with Crippen molar-refractivity contribution in [3.05, 3.63) is 58.3 Å². The third-order valence-electron chi connectivity index (χ3n) is 2.06. The smallest absolute Gasteiger partial charge is 0.0150 e. The molecule has 0 aromatic heterocycles. The Labute approximate surface area is 96.2 Å². The van der Waals surface area contributed by atoms with Crippen molar-refractivity contribution < 1.29 is 0 Å². The summed E-state index contributed by atoms with van der Waals surface area (Å²) in [7, 11) is 0. The van der Waals surface area contributed by atoms with Gasteiger partial charge in [-0.25, -0.2) is 0 Å². The fourth-order valence-electron chi connectivity index (χ4n) is 1.22. The lowest BCUT2D eigenvalue weighted by Gasteiger charge is -2.01. The Kier molecular flexibility index (Phi) is 4.44. The molecule has 0 saturated heterocycles. The molecule has 0 radical (unpaired) electrons. The van der Waals surface area contributed by atoms with E-state index in [-0.39, 0.29) is 0 Å². The summed E-state index contributed by atoms with van der Waals surface area (Å²) in [6.07, 6.45) is 4.42. The predicted octanol–water partition coefficient (Wildman–Crippen LogP) is 3.52. The topological polar surface area (TPSA) is 26.0 Å². The van der Waals surface area contributed by atoms with Gasteiger partial charge in [-0.15, -0.1) is 0 Å². The first-order valence-corrected chi connectivity index (χ1v) is 5.29. The van der Waals surface area contributed by atoms with E-state index >= 15 is 0 Å². The molecule has 1 rings (SSSR count). The summed E-state index contributed by atoms with van der Waals surface area (Å²) in [6, 6.07) is 8.36. The van der Waals surface area contributed by atoms with Crippen molar-refractivity contribution in [2.24, 2.45) is 5.73 Å². The van der Waals surface area contributed by atoms with Gasteiger partial charge in [0, 0.05) is 17.2 Å². The Hall–Kier alpha value is -1.21. The van der Waals surface area contributed by atoms with Gasteiger partial charge in [-0.3, -0.25) is 0 Å². The number of hydrogen-bond acceptors (Lipinski definition) is 1. The lowest BCUT2D eigenvalue weighted by atomic mass is 10.1. The second-order valence-electron chi connectivity index (χ2n) is 3.66. The summed E-state index contributed by atoms with van der Waals surface area (Å²) < 4.78 is 0.